The number of nitrogens with zero attached hydrogens (tertiary/aromatic N) is 1. The van der Waals surface area contributed by atoms with E-state index in [2.05, 4.69) is 23.6 Å². The van der Waals surface area contributed by atoms with Gasteiger partial charge in [0.1, 0.15) is 12.3 Å². The van der Waals surface area contributed by atoms with Crippen molar-refractivity contribution in [3.05, 3.63) is 27.1 Å². The van der Waals surface area contributed by atoms with Crippen LogP contribution in [-0.2, 0) is 14.3 Å². The molecule has 1 fully saturated rings. The SMILES string of the molecule is CCC.CO.CO.[B]C(O)(OC(=O)CN)C1CCC(n2cc(F)c(=O)[nH]c2=S)O1. The van der Waals surface area contributed by atoms with E-state index in [-0.39, 0.29) is 11.2 Å². The van der Waals surface area contributed by atoms with Gasteiger partial charge in [0.25, 0.3) is 5.56 Å². The summed E-state index contributed by atoms with van der Waals surface area (Å²) in [5.41, 5.74) is 1.76. The Morgan fingerprint density at radius 2 is 1.97 bits per heavy atom. The highest BCUT2D eigenvalue weighted by atomic mass is 32.1. The van der Waals surface area contributed by atoms with Crippen molar-refractivity contribution in [3.8, 4) is 0 Å². The van der Waals surface area contributed by atoms with Gasteiger partial charge in [-0.15, -0.1) is 0 Å². The number of aliphatic hydroxyl groups is 3. The van der Waals surface area contributed by atoms with Crippen molar-refractivity contribution in [2.24, 2.45) is 5.73 Å². The maximum absolute atomic E-state index is 13.3. The zero-order valence-electron chi connectivity index (χ0n) is 16.9. The van der Waals surface area contributed by atoms with Crippen molar-refractivity contribution < 1.29 is 34.0 Å². The number of carbonyl (C=O) groups excluding carboxylic acids is 1. The molecule has 2 radical (unpaired) electrons. The number of carbonyl (C=O) groups is 1. The molecule has 13 heteroatoms. The molecule has 2 heterocycles. The van der Waals surface area contributed by atoms with Crippen LogP contribution in [0.15, 0.2) is 11.0 Å². The molecule has 166 valence electrons. The van der Waals surface area contributed by atoms with E-state index < -0.39 is 41.9 Å². The number of aromatic nitrogens is 2. The number of nitrogens with two attached hydrogens (primary N) is 1. The smallest absolute Gasteiger partial charge is 0.321 e. The van der Waals surface area contributed by atoms with Gasteiger partial charge in [0.2, 0.25) is 5.82 Å². The van der Waals surface area contributed by atoms with Crippen LogP contribution in [0, 0.1) is 10.6 Å². The minimum Gasteiger partial charge on any atom is -0.440 e. The lowest BCUT2D eigenvalue weighted by molar-refractivity contribution is -0.214. The number of hydrogen-bond acceptors (Lipinski definition) is 9. The van der Waals surface area contributed by atoms with Gasteiger partial charge in [0.05, 0.1) is 12.7 Å². The standard InChI is InChI=1S/C11H13BFN3O5S.C3H8.2CH4O/c12-11(19,21-8(17)3-14)6-1-2-7(20-6)16-4-5(13)9(18)15-10(16)22;1-3-2;2*1-2/h4,6-7,19H,1-3,14H2,(H,15,18,22);3H2,1-2H3;2*2H,1H3. The Hall–Kier alpha value is -1.64. The molecule has 3 unspecified atom stereocenters. The summed E-state index contributed by atoms with van der Waals surface area (Å²) in [7, 11) is 7.50. The van der Waals surface area contributed by atoms with E-state index in [9.17, 15) is 19.1 Å². The molecule has 6 N–H and O–H groups in total. The third-order valence-electron chi connectivity index (χ3n) is 3.14. The first-order valence-electron chi connectivity index (χ1n) is 8.65. The van der Waals surface area contributed by atoms with Crippen molar-refractivity contribution in [2.75, 3.05) is 20.8 Å². The average Bonchev–Trinajstić information content (AvgIpc) is 3.19. The van der Waals surface area contributed by atoms with E-state index in [0.29, 0.717) is 6.42 Å². The van der Waals surface area contributed by atoms with Crippen LogP contribution in [0.4, 0.5) is 4.39 Å². The number of hydrogen-bond donors (Lipinski definition) is 5. The highest BCUT2D eigenvalue weighted by Crippen LogP contribution is 2.33. The molecule has 1 saturated heterocycles. The zero-order chi connectivity index (χ0) is 23.2. The number of nitrogens with one attached hydrogen (secondary N) is 1. The first-order valence-corrected chi connectivity index (χ1v) is 9.06. The minimum atomic E-state index is -2.37. The molecule has 0 aromatic carbocycles. The predicted molar refractivity (Wildman–Crippen MR) is 107 cm³/mol. The van der Waals surface area contributed by atoms with Crippen LogP contribution in [-0.4, -0.2) is 71.2 Å². The van der Waals surface area contributed by atoms with Crippen molar-refractivity contribution in [1.29, 1.82) is 0 Å². The number of rotatable bonds is 4. The van der Waals surface area contributed by atoms with Gasteiger partial charge in [-0.05, 0) is 25.1 Å². The molecule has 1 aliphatic rings. The number of aromatic amines is 1. The molecular formula is C16H29BFN3O7S. The van der Waals surface area contributed by atoms with Gasteiger partial charge in [0, 0.05) is 14.2 Å². The lowest BCUT2D eigenvalue weighted by atomic mass is 9.87. The summed E-state index contributed by atoms with van der Waals surface area (Å²) in [6.45, 7) is 3.80. The third-order valence-corrected chi connectivity index (χ3v) is 3.45. The molecule has 1 aromatic rings. The number of aliphatic hydroxyl groups excluding tert-OH is 2. The Morgan fingerprint density at radius 1 is 1.45 bits per heavy atom. The van der Waals surface area contributed by atoms with Gasteiger partial charge in [-0.1, -0.05) is 20.3 Å². The molecule has 29 heavy (non-hydrogen) atoms. The van der Waals surface area contributed by atoms with E-state index in [1.165, 1.54) is 11.0 Å². The van der Waals surface area contributed by atoms with Gasteiger partial charge in [-0.2, -0.15) is 4.39 Å². The minimum absolute atomic E-state index is 0.0448. The summed E-state index contributed by atoms with van der Waals surface area (Å²) in [5.74, 6) is -1.93. The van der Waals surface area contributed by atoms with Crippen LogP contribution in [0.3, 0.4) is 0 Å². The summed E-state index contributed by atoms with van der Waals surface area (Å²) in [5, 5.41) is 23.9. The van der Waals surface area contributed by atoms with Crippen LogP contribution in [0.25, 0.3) is 0 Å². The fourth-order valence-electron chi connectivity index (χ4n) is 2.09. The summed E-state index contributed by atoms with van der Waals surface area (Å²) >= 11 is 4.92. The summed E-state index contributed by atoms with van der Waals surface area (Å²) < 4.78 is 24.5. The predicted octanol–water partition coefficient (Wildman–Crippen LogP) is -0.328. The van der Waals surface area contributed by atoms with E-state index in [4.69, 9.17) is 40.7 Å². The van der Waals surface area contributed by atoms with Crippen molar-refractivity contribution in [1.82, 2.24) is 9.55 Å². The Bertz CT molecular complexity index is 714. The first kappa shape index (κ1) is 29.6. The molecule has 1 aliphatic heterocycles. The van der Waals surface area contributed by atoms with Crippen LogP contribution >= 0.6 is 12.2 Å². The van der Waals surface area contributed by atoms with Gasteiger partial charge >= 0.3 is 5.97 Å². The summed E-state index contributed by atoms with van der Waals surface area (Å²) in [6, 6.07) is 0. The molecule has 0 bridgehead atoms. The van der Waals surface area contributed by atoms with Gasteiger partial charge in [0.15, 0.2) is 18.3 Å². The Labute approximate surface area is 174 Å². The number of ether oxygens (including phenoxy) is 2. The second kappa shape index (κ2) is 15.2. The van der Waals surface area contributed by atoms with Crippen LogP contribution in [0.2, 0.25) is 0 Å². The van der Waals surface area contributed by atoms with Crippen molar-refractivity contribution in [3.63, 3.8) is 0 Å². The lowest BCUT2D eigenvalue weighted by Gasteiger charge is -2.30. The van der Waals surface area contributed by atoms with Crippen molar-refractivity contribution in [2.45, 2.75) is 51.1 Å². The third kappa shape index (κ3) is 9.61. The monoisotopic (exact) mass is 437 g/mol. The molecule has 3 atom stereocenters. The normalized spacial score (nSPS) is 19.2. The van der Waals surface area contributed by atoms with Crippen LogP contribution < -0.4 is 11.3 Å². The number of esters is 1. The maximum Gasteiger partial charge on any atom is 0.321 e. The molecule has 0 saturated carbocycles. The average molecular weight is 437 g/mol. The van der Waals surface area contributed by atoms with E-state index in [1.54, 1.807) is 0 Å². The van der Waals surface area contributed by atoms with Gasteiger partial charge in [-0.3, -0.25) is 19.1 Å². The molecule has 2 rings (SSSR count). The summed E-state index contributed by atoms with van der Waals surface area (Å²) in [4.78, 5) is 24.4. The molecule has 1 aromatic heterocycles. The second-order valence-electron chi connectivity index (χ2n) is 5.44. The highest BCUT2D eigenvalue weighted by Gasteiger charge is 2.41. The van der Waals surface area contributed by atoms with Crippen molar-refractivity contribution >= 4 is 26.0 Å². The van der Waals surface area contributed by atoms with Crippen LogP contribution in [0.5, 0.6) is 0 Å². The molecule has 0 spiro atoms. The Morgan fingerprint density at radius 3 is 2.45 bits per heavy atom. The van der Waals surface area contributed by atoms with Gasteiger partial charge in [-0.25, -0.2) is 0 Å². The fourth-order valence-corrected chi connectivity index (χ4v) is 2.36. The topological polar surface area (TPSA) is 160 Å². The quantitative estimate of drug-likeness (QED) is 0.184. The largest absolute Gasteiger partial charge is 0.440 e. The fraction of sp³-hybridized carbons (Fsp3) is 0.688. The number of H-pyrrole nitrogens is 1. The first-order chi connectivity index (χ1) is 13.7. The van der Waals surface area contributed by atoms with E-state index in [0.717, 1.165) is 20.4 Å². The zero-order valence-corrected chi connectivity index (χ0v) is 17.7. The highest BCUT2D eigenvalue weighted by molar-refractivity contribution is 7.71. The van der Waals surface area contributed by atoms with Gasteiger partial charge < -0.3 is 30.5 Å². The maximum atomic E-state index is 13.3. The molecular weight excluding hydrogens is 408 g/mol. The number of halogens is 1. The second-order valence-corrected chi connectivity index (χ2v) is 5.82. The van der Waals surface area contributed by atoms with E-state index in [1.807, 2.05) is 0 Å². The van der Waals surface area contributed by atoms with E-state index >= 15 is 0 Å². The lowest BCUT2D eigenvalue weighted by Crippen LogP contribution is -2.48. The summed E-state index contributed by atoms with van der Waals surface area (Å²) in [6.07, 6.45) is 0.859. The Balaban J connectivity index is 0. The van der Waals surface area contributed by atoms with Crippen LogP contribution in [0.1, 0.15) is 39.3 Å². The Kier molecular flexibility index (Phi) is 15.5. The molecule has 0 amide bonds. The molecule has 10 nitrogen and oxygen atoms in total. The molecule has 0 aliphatic carbocycles.